The van der Waals surface area contributed by atoms with Gasteiger partial charge in [0.1, 0.15) is 12.4 Å². The lowest BCUT2D eigenvalue weighted by Gasteiger charge is -2.27. The summed E-state index contributed by atoms with van der Waals surface area (Å²) in [5, 5.41) is 2.79. The first-order chi connectivity index (χ1) is 11.4. The van der Waals surface area contributed by atoms with Crippen molar-refractivity contribution in [1.29, 1.82) is 0 Å². The van der Waals surface area contributed by atoms with Gasteiger partial charge in [0.2, 0.25) is 5.91 Å². The lowest BCUT2D eigenvalue weighted by molar-refractivity contribution is -0.137. The lowest BCUT2D eigenvalue weighted by atomic mass is 9.84. The van der Waals surface area contributed by atoms with E-state index in [9.17, 15) is 18.0 Å². The van der Waals surface area contributed by atoms with Crippen molar-refractivity contribution in [2.75, 3.05) is 13.2 Å². The maximum absolute atomic E-state index is 12.6. The Kier molecular flexibility index (Phi) is 6.21. The molecule has 1 amide bonds. The second-order valence-electron chi connectivity index (χ2n) is 6.60. The summed E-state index contributed by atoms with van der Waals surface area (Å²) >= 11 is 0. The standard InChI is InChI=1S/C17H21F3N2O2.ClH/c18-17(19,20)12-2-1-3-13(9-12)24-7-6-22-16(23)14-10-4-5-11(8-10)15(14)21;/h1-3,9-11,14-15H,4-8,21H2,(H,22,23);1H. The van der Waals surface area contributed by atoms with Gasteiger partial charge >= 0.3 is 6.18 Å². The number of benzene rings is 1. The van der Waals surface area contributed by atoms with Gasteiger partial charge in [-0.1, -0.05) is 6.07 Å². The summed E-state index contributed by atoms with van der Waals surface area (Å²) in [5.41, 5.74) is 5.37. The van der Waals surface area contributed by atoms with Crippen LogP contribution in [0.5, 0.6) is 5.75 Å². The number of hydrogen-bond acceptors (Lipinski definition) is 3. The van der Waals surface area contributed by atoms with Crippen LogP contribution in [0.15, 0.2) is 24.3 Å². The quantitative estimate of drug-likeness (QED) is 0.774. The normalized spacial score (nSPS) is 27.7. The second-order valence-corrected chi connectivity index (χ2v) is 6.60. The average Bonchev–Trinajstić information content (AvgIpc) is 3.12. The van der Waals surface area contributed by atoms with Crippen LogP contribution in [0.1, 0.15) is 24.8 Å². The molecule has 8 heteroatoms. The van der Waals surface area contributed by atoms with Crippen LogP contribution in [-0.4, -0.2) is 25.1 Å². The van der Waals surface area contributed by atoms with Gasteiger partial charge in [-0.2, -0.15) is 13.2 Å². The molecule has 3 N–H and O–H groups in total. The summed E-state index contributed by atoms with van der Waals surface area (Å²) in [7, 11) is 0. The van der Waals surface area contributed by atoms with Gasteiger partial charge in [-0.25, -0.2) is 0 Å². The fourth-order valence-corrected chi connectivity index (χ4v) is 3.95. The van der Waals surface area contributed by atoms with Gasteiger partial charge in [0.25, 0.3) is 0 Å². The summed E-state index contributed by atoms with van der Waals surface area (Å²) < 4.78 is 43.2. The zero-order valence-corrected chi connectivity index (χ0v) is 14.4. The first-order valence-electron chi connectivity index (χ1n) is 8.19. The number of carbonyl (C=O) groups is 1. The van der Waals surface area contributed by atoms with Crippen molar-refractivity contribution >= 4 is 18.3 Å². The molecule has 4 atom stereocenters. The molecule has 2 saturated carbocycles. The van der Waals surface area contributed by atoms with Gasteiger partial charge in [-0.15, -0.1) is 12.4 Å². The summed E-state index contributed by atoms with van der Waals surface area (Å²) in [6, 6.07) is 4.63. The fraction of sp³-hybridized carbons (Fsp3) is 0.588. The molecule has 0 aliphatic heterocycles. The monoisotopic (exact) mass is 378 g/mol. The molecule has 2 aliphatic rings. The van der Waals surface area contributed by atoms with Crippen molar-refractivity contribution < 1.29 is 22.7 Å². The number of carbonyl (C=O) groups excluding carboxylic acids is 1. The highest BCUT2D eigenvalue weighted by molar-refractivity contribution is 5.85. The van der Waals surface area contributed by atoms with E-state index in [1.54, 1.807) is 0 Å². The summed E-state index contributed by atoms with van der Waals surface area (Å²) in [5.74, 6) is 0.747. The third-order valence-electron chi connectivity index (χ3n) is 5.11. The first kappa shape index (κ1) is 19.8. The number of fused-ring (bicyclic) bond motifs is 2. The molecular formula is C17H22ClF3N2O2. The van der Waals surface area contributed by atoms with Crippen LogP contribution in [0.2, 0.25) is 0 Å². The van der Waals surface area contributed by atoms with Gasteiger partial charge in [-0.05, 0) is 49.3 Å². The molecule has 2 aliphatic carbocycles. The Morgan fingerprint density at radius 2 is 2.00 bits per heavy atom. The van der Waals surface area contributed by atoms with Crippen molar-refractivity contribution in [3.05, 3.63) is 29.8 Å². The number of amides is 1. The molecule has 140 valence electrons. The number of hydrogen-bond donors (Lipinski definition) is 2. The largest absolute Gasteiger partial charge is 0.492 e. The van der Waals surface area contributed by atoms with Gasteiger partial charge in [-0.3, -0.25) is 4.79 Å². The van der Waals surface area contributed by atoms with Gasteiger partial charge in [0.15, 0.2) is 0 Å². The average molecular weight is 379 g/mol. The molecule has 4 unspecified atom stereocenters. The number of halogens is 4. The highest BCUT2D eigenvalue weighted by Crippen LogP contribution is 2.47. The number of nitrogens with one attached hydrogen (secondary N) is 1. The molecule has 2 bridgehead atoms. The Hall–Kier alpha value is -1.47. The van der Waals surface area contributed by atoms with Crippen LogP contribution in [0.25, 0.3) is 0 Å². The van der Waals surface area contributed by atoms with Crippen molar-refractivity contribution in [2.24, 2.45) is 23.5 Å². The topological polar surface area (TPSA) is 64.4 Å². The molecule has 25 heavy (non-hydrogen) atoms. The Morgan fingerprint density at radius 3 is 2.64 bits per heavy atom. The van der Waals surface area contributed by atoms with Gasteiger partial charge in [0.05, 0.1) is 18.0 Å². The Morgan fingerprint density at radius 1 is 1.28 bits per heavy atom. The van der Waals surface area contributed by atoms with Crippen molar-refractivity contribution in [2.45, 2.75) is 31.5 Å². The van der Waals surface area contributed by atoms with E-state index >= 15 is 0 Å². The molecule has 1 aromatic rings. The molecule has 1 aromatic carbocycles. The number of nitrogens with two attached hydrogens (primary N) is 1. The fourth-order valence-electron chi connectivity index (χ4n) is 3.95. The molecule has 0 heterocycles. The van der Waals surface area contributed by atoms with E-state index in [2.05, 4.69) is 5.32 Å². The highest BCUT2D eigenvalue weighted by atomic mass is 35.5. The van der Waals surface area contributed by atoms with Crippen LogP contribution in [0.3, 0.4) is 0 Å². The SMILES string of the molecule is Cl.NC1C2CCC(C2)C1C(=O)NCCOc1cccc(C(F)(F)F)c1. The summed E-state index contributed by atoms with van der Waals surface area (Å²) in [6.07, 6.45) is -1.21. The summed E-state index contributed by atoms with van der Waals surface area (Å²) in [4.78, 5) is 12.2. The van der Waals surface area contributed by atoms with E-state index in [-0.39, 0.29) is 49.2 Å². The molecule has 3 rings (SSSR count). The molecule has 0 aromatic heterocycles. The number of alkyl halides is 3. The predicted molar refractivity (Wildman–Crippen MR) is 89.5 cm³/mol. The van der Waals surface area contributed by atoms with E-state index in [0.29, 0.717) is 11.8 Å². The minimum atomic E-state index is -4.40. The lowest BCUT2D eigenvalue weighted by Crippen LogP contribution is -2.46. The van der Waals surface area contributed by atoms with Crippen LogP contribution in [-0.2, 0) is 11.0 Å². The van der Waals surface area contributed by atoms with E-state index in [4.69, 9.17) is 10.5 Å². The molecule has 0 saturated heterocycles. The molecule has 4 nitrogen and oxygen atoms in total. The maximum Gasteiger partial charge on any atom is 0.416 e. The van der Waals surface area contributed by atoms with Crippen LogP contribution >= 0.6 is 12.4 Å². The van der Waals surface area contributed by atoms with Crippen molar-refractivity contribution in [1.82, 2.24) is 5.32 Å². The van der Waals surface area contributed by atoms with Crippen LogP contribution in [0, 0.1) is 17.8 Å². The van der Waals surface area contributed by atoms with E-state index < -0.39 is 11.7 Å². The van der Waals surface area contributed by atoms with Crippen molar-refractivity contribution in [3.8, 4) is 5.75 Å². The third kappa shape index (κ3) is 4.39. The second kappa shape index (κ2) is 7.83. The zero-order chi connectivity index (χ0) is 17.3. The minimum absolute atomic E-state index is 0. The highest BCUT2D eigenvalue weighted by Gasteiger charge is 2.48. The molecule has 0 radical (unpaired) electrons. The minimum Gasteiger partial charge on any atom is -0.492 e. The Bertz CT molecular complexity index is 610. The van der Waals surface area contributed by atoms with Crippen LogP contribution < -0.4 is 15.8 Å². The van der Waals surface area contributed by atoms with Gasteiger partial charge < -0.3 is 15.8 Å². The molecule has 0 spiro atoms. The van der Waals surface area contributed by atoms with Crippen molar-refractivity contribution in [3.63, 3.8) is 0 Å². The van der Waals surface area contributed by atoms with Crippen LogP contribution in [0.4, 0.5) is 13.2 Å². The zero-order valence-electron chi connectivity index (χ0n) is 13.6. The Balaban J connectivity index is 0.00000225. The predicted octanol–water partition coefficient (Wildman–Crippen LogP) is 3.00. The van der Waals surface area contributed by atoms with E-state index in [1.165, 1.54) is 12.1 Å². The third-order valence-corrected chi connectivity index (χ3v) is 5.11. The maximum atomic E-state index is 12.6. The first-order valence-corrected chi connectivity index (χ1v) is 8.19. The number of ether oxygens (including phenoxy) is 1. The molecule has 2 fully saturated rings. The smallest absolute Gasteiger partial charge is 0.416 e. The number of rotatable bonds is 5. The summed E-state index contributed by atoms with van der Waals surface area (Å²) in [6.45, 7) is 0.360. The molecular weight excluding hydrogens is 357 g/mol. The Labute approximate surface area is 150 Å². The van der Waals surface area contributed by atoms with Gasteiger partial charge in [0, 0.05) is 6.04 Å². The van der Waals surface area contributed by atoms with E-state index in [0.717, 1.165) is 31.4 Å². The van der Waals surface area contributed by atoms with E-state index in [1.807, 2.05) is 0 Å².